The van der Waals surface area contributed by atoms with Crippen molar-refractivity contribution in [3.05, 3.63) is 0 Å². The molecule has 0 saturated carbocycles. The average molecular weight is 279 g/mol. The second kappa shape index (κ2) is 7.24. The van der Waals surface area contributed by atoms with Crippen LogP contribution in [-0.4, -0.2) is 60.6 Å². The van der Waals surface area contributed by atoms with Gasteiger partial charge < -0.3 is 10.2 Å². The van der Waals surface area contributed by atoms with Crippen molar-refractivity contribution in [2.45, 2.75) is 76.4 Å². The maximum absolute atomic E-state index is 3.78. The Balaban J connectivity index is 1.63. The fourth-order valence-electron chi connectivity index (χ4n) is 4.69. The molecule has 3 saturated heterocycles. The third kappa shape index (κ3) is 3.37. The minimum absolute atomic E-state index is 0.792. The quantitative estimate of drug-likeness (QED) is 0.856. The second-order valence-corrected chi connectivity index (χ2v) is 7.02. The van der Waals surface area contributed by atoms with E-state index >= 15 is 0 Å². The zero-order valence-corrected chi connectivity index (χ0v) is 13.3. The van der Waals surface area contributed by atoms with Gasteiger partial charge in [0.15, 0.2) is 0 Å². The zero-order chi connectivity index (χ0) is 13.8. The van der Waals surface area contributed by atoms with Crippen LogP contribution in [0.1, 0.15) is 58.3 Å². The van der Waals surface area contributed by atoms with Crippen LogP contribution in [-0.2, 0) is 0 Å². The van der Waals surface area contributed by atoms with E-state index in [1.54, 1.807) is 0 Å². The van der Waals surface area contributed by atoms with Crippen molar-refractivity contribution in [3.8, 4) is 0 Å². The molecule has 0 amide bonds. The Kier molecular flexibility index (Phi) is 5.36. The smallest absolute Gasteiger partial charge is 0.0252 e. The molecule has 0 aromatic rings. The van der Waals surface area contributed by atoms with E-state index in [-0.39, 0.29) is 0 Å². The molecule has 3 aliphatic heterocycles. The van der Waals surface area contributed by atoms with Crippen molar-refractivity contribution in [2.75, 3.05) is 32.7 Å². The lowest BCUT2D eigenvalue weighted by Gasteiger charge is -2.44. The van der Waals surface area contributed by atoms with Crippen LogP contribution in [0, 0.1) is 0 Å². The van der Waals surface area contributed by atoms with Gasteiger partial charge in [-0.1, -0.05) is 13.3 Å². The molecule has 116 valence electrons. The molecule has 3 atom stereocenters. The SMILES string of the molecule is CCN1CCCC(N2CCCCC2C2CCCN2)CC1. The third-order valence-corrected chi connectivity index (χ3v) is 5.86. The summed E-state index contributed by atoms with van der Waals surface area (Å²) < 4.78 is 0. The second-order valence-electron chi connectivity index (χ2n) is 7.02. The summed E-state index contributed by atoms with van der Waals surface area (Å²) in [7, 11) is 0. The predicted octanol–water partition coefficient (Wildman–Crippen LogP) is 2.47. The van der Waals surface area contributed by atoms with Crippen LogP contribution in [0.4, 0.5) is 0 Å². The average Bonchev–Trinajstić information content (AvgIpc) is 2.92. The first-order valence-electron chi connectivity index (χ1n) is 9.10. The number of hydrogen-bond donors (Lipinski definition) is 1. The Morgan fingerprint density at radius 2 is 1.85 bits per heavy atom. The lowest BCUT2D eigenvalue weighted by atomic mass is 9.91. The highest BCUT2D eigenvalue weighted by molar-refractivity contribution is 4.93. The van der Waals surface area contributed by atoms with Gasteiger partial charge >= 0.3 is 0 Å². The molecular formula is C17H33N3. The number of likely N-dealkylation sites (tertiary alicyclic amines) is 2. The predicted molar refractivity (Wildman–Crippen MR) is 85.1 cm³/mol. The first-order valence-corrected chi connectivity index (χ1v) is 9.10. The Morgan fingerprint density at radius 1 is 0.900 bits per heavy atom. The van der Waals surface area contributed by atoms with E-state index in [1.165, 1.54) is 84.1 Å². The van der Waals surface area contributed by atoms with Crippen molar-refractivity contribution in [3.63, 3.8) is 0 Å². The Bertz CT molecular complexity index is 288. The van der Waals surface area contributed by atoms with Crippen LogP contribution in [0.3, 0.4) is 0 Å². The van der Waals surface area contributed by atoms with Gasteiger partial charge in [-0.2, -0.15) is 0 Å². The highest BCUT2D eigenvalue weighted by Gasteiger charge is 2.35. The van der Waals surface area contributed by atoms with Gasteiger partial charge in [0, 0.05) is 18.1 Å². The van der Waals surface area contributed by atoms with Gasteiger partial charge in [-0.3, -0.25) is 4.90 Å². The first kappa shape index (κ1) is 14.8. The molecule has 0 aliphatic carbocycles. The van der Waals surface area contributed by atoms with Crippen molar-refractivity contribution >= 4 is 0 Å². The highest BCUT2D eigenvalue weighted by atomic mass is 15.2. The standard InChI is InChI=1S/C17H33N3/c1-2-19-12-6-7-15(10-14-19)20-13-4-3-9-17(20)16-8-5-11-18-16/h15-18H,2-14H2,1H3. The van der Waals surface area contributed by atoms with Gasteiger partial charge in [-0.25, -0.2) is 0 Å². The lowest BCUT2D eigenvalue weighted by molar-refractivity contribution is 0.0654. The molecule has 0 radical (unpaired) electrons. The molecule has 3 rings (SSSR count). The first-order chi connectivity index (χ1) is 9.88. The van der Waals surface area contributed by atoms with Crippen molar-refractivity contribution in [1.29, 1.82) is 0 Å². The van der Waals surface area contributed by atoms with E-state index in [9.17, 15) is 0 Å². The van der Waals surface area contributed by atoms with Crippen LogP contribution in [0.5, 0.6) is 0 Å². The Labute approximate surface area is 125 Å². The van der Waals surface area contributed by atoms with Crippen molar-refractivity contribution in [1.82, 2.24) is 15.1 Å². The fourth-order valence-corrected chi connectivity index (χ4v) is 4.69. The summed E-state index contributed by atoms with van der Waals surface area (Å²) in [5.74, 6) is 0. The summed E-state index contributed by atoms with van der Waals surface area (Å²) in [4.78, 5) is 5.57. The molecule has 3 fully saturated rings. The van der Waals surface area contributed by atoms with E-state index in [1.807, 2.05) is 0 Å². The molecule has 1 N–H and O–H groups in total. The van der Waals surface area contributed by atoms with Crippen LogP contribution >= 0.6 is 0 Å². The van der Waals surface area contributed by atoms with Gasteiger partial charge in [0.1, 0.15) is 0 Å². The minimum Gasteiger partial charge on any atom is -0.312 e. The van der Waals surface area contributed by atoms with Gasteiger partial charge in [-0.05, 0) is 77.7 Å². The molecule has 0 bridgehead atoms. The van der Waals surface area contributed by atoms with Gasteiger partial charge in [-0.15, -0.1) is 0 Å². The Morgan fingerprint density at radius 3 is 2.65 bits per heavy atom. The summed E-state index contributed by atoms with van der Waals surface area (Å²) in [6, 6.07) is 2.49. The molecule has 0 aromatic heterocycles. The van der Waals surface area contributed by atoms with Crippen LogP contribution in [0.25, 0.3) is 0 Å². The Hall–Kier alpha value is -0.120. The summed E-state index contributed by atoms with van der Waals surface area (Å²) in [6.45, 7) is 8.81. The zero-order valence-electron chi connectivity index (χ0n) is 13.3. The maximum atomic E-state index is 3.78. The van der Waals surface area contributed by atoms with Crippen molar-refractivity contribution < 1.29 is 0 Å². The van der Waals surface area contributed by atoms with Gasteiger partial charge in [0.25, 0.3) is 0 Å². The van der Waals surface area contributed by atoms with E-state index in [0.717, 1.165) is 18.1 Å². The molecule has 3 heteroatoms. The number of hydrogen-bond acceptors (Lipinski definition) is 3. The number of rotatable bonds is 3. The van der Waals surface area contributed by atoms with E-state index in [4.69, 9.17) is 0 Å². The molecule has 3 aliphatic rings. The molecule has 3 nitrogen and oxygen atoms in total. The molecule has 20 heavy (non-hydrogen) atoms. The number of piperidine rings is 1. The van der Waals surface area contributed by atoms with E-state index in [2.05, 4.69) is 22.0 Å². The van der Waals surface area contributed by atoms with Crippen LogP contribution in [0.15, 0.2) is 0 Å². The van der Waals surface area contributed by atoms with Crippen LogP contribution in [0.2, 0.25) is 0 Å². The minimum atomic E-state index is 0.792. The van der Waals surface area contributed by atoms with Crippen LogP contribution < -0.4 is 5.32 Å². The largest absolute Gasteiger partial charge is 0.312 e. The highest BCUT2D eigenvalue weighted by Crippen LogP contribution is 2.29. The topological polar surface area (TPSA) is 18.5 Å². The van der Waals surface area contributed by atoms with E-state index < -0.39 is 0 Å². The normalized spacial score (nSPS) is 38.0. The summed E-state index contributed by atoms with van der Waals surface area (Å²) in [5.41, 5.74) is 0. The molecular weight excluding hydrogens is 246 g/mol. The summed E-state index contributed by atoms with van der Waals surface area (Å²) in [6.07, 6.45) is 11.4. The summed E-state index contributed by atoms with van der Waals surface area (Å²) >= 11 is 0. The molecule has 3 unspecified atom stereocenters. The van der Waals surface area contributed by atoms with E-state index in [0.29, 0.717) is 0 Å². The lowest BCUT2D eigenvalue weighted by Crippen LogP contribution is -2.54. The van der Waals surface area contributed by atoms with Gasteiger partial charge in [0.2, 0.25) is 0 Å². The van der Waals surface area contributed by atoms with Crippen molar-refractivity contribution in [2.24, 2.45) is 0 Å². The monoisotopic (exact) mass is 279 g/mol. The molecule has 3 heterocycles. The van der Waals surface area contributed by atoms with Gasteiger partial charge in [0.05, 0.1) is 0 Å². The molecule has 0 aromatic carbocycles. The number of nitrogens with zero attached hydrogens (tertiary/aromatic N) is 2. The third-order valence-electron chi connectivity index (χ3n) is 5.86. The maximum Gasteiger partial charge on any atom is 0.0252 e. The number of nitrogens with one attached hydrogen (secondary N) is 1. The molecule has 0 spiro atoms. The fraction of sp³-hybridized carbons (Fsp3) is 1.00. The summed E-state index contributed by atoms with van der Waals surface area (Å²) in [5, 5.41) is 3.78.